The highest BCUT2D eigenvalue weighted by atomic mass is 32.2. The maximum atomic E-state index is 12.8. The fraction of sp³-hybridized carbons (Fsp3) is 0.273. The number of fused-ring (bicyclic) bond motifs is 1. The highest BCUT2D eigenvalue weighted by Gasteiger charge is 2.25. The van der Waals surface area contributed by atoms with Gasteiger partial charge in [0.05, 0.1) is 19.0 Å². The van der Waals surface area contributed by atoms with Gasteiger partial charge in [-0.05, 0) is 22.6 Å². The van der Waals surface area contributed by atoms with Crippen LogP contribution in [0.25, 0.3) is 10.8 Å². The maximum absolute atomic E-state index is 12.8. The van der Waals surface area contributed by atoms with Gasteiger partial charge in [0.1, 0.15) is 5.69 Å². The van der Waals surface area contributed by atoms with Crippen LogP contribution in [0.15, 0.2) is 60.8 Å². The second kappa shape index (κ2) is 8.91. The lowest BCUT2D eigenvalue weighted by Gasteiger charge is -2.26. The summed E-state index contributed by atoms with van der Waals surface area (Å²) in [6.07, 6.45) is 1.61. The molecule has 0 radical (unpaired) electrons. The number of pyridine rings is 1. The minimum Gasteiger partial charge on any atom is -0.379 e. The van der Waals surface area contributed by atoms with E-state index in [4.69, 9.17) is 4.74 Å². The fourth-order valence-electron chi connectivity index (χ4n) is 3.54. The molecular formula is C22H23N3O4S. The van der Waals surface area contributed by atoms with Gasteiger partial charge in [0, 0.05) is 31.2 Å². The quantitative estimate of drug-likeness (QED) is 0.655. The zero-order chi connectivity index (χ0) is 21.0. The summed E-state index contributed by atoms with van der Waals surface area (Å²) in [4.78, 5) is 17.0. The number of sulfonamides is 1. The van der Waals surface area contributed by atoms with Crippen molar-refractivity contribution < 1.29 is 17.9 Å². The van der Waals surface area contributed by atoms with Crippen LogP contribution in [-0.4, -0.2) is 49.9 Å². The van der Waals surface area contributed by atoms with Crippen molar-refractivity contribution in [3.8, 4) is 0 Å². The lowest BCUT2D eigenvalue weighted by Crippen LogP contribution is -2.41. The van der Waals surface area contributed by atoms with Crippen molar-refractivity contribution in [2.75, 3.05) is 26.3 Å². The Labute approximate surface area is 175 Å². The third-order valence-electron chi connectivity index (χ3n) is 5.15. The van der Waals surface area contributed by atoms with E-state index in [-0.39, 0.29) is 18.2 Å². The van der Waals surface area contributed by atoms with Gasteiger partial charge in [0.15, 0.2) is 0 Å². The highest BCUT2D eigenvalue weighted by Crippen LogP contribution is 2.18. The smallest absolute Gasteiger partial charge is 0.270 e. The summed E-state index contributed by atoms with van der Waals surface area (Å²) in [5, 5.41) is 4.60. The molecule has 0 saturated carbocycles. The van der Waals surface area contributed by atoms with Gasteiger partial charge < -0.3 is 10.1 Å². The molecule has 0 atom stereocenters. The van der Waals surface area contributed by atoms with Gasteiger partial charge in [-0.15, -0.1) is 0 Å². The number of hydrogen-bond donors (Lipinski definition) is 1. The first-order valence-electron chi connectivity index (χ1n) is 9.79. The molecule has 1 amide bonds. The number of benzene rings is 2. The van der Waals surface area contributed by atoms with Gasteiger partial charge in [-0.1, -0.05) is 48.5 Å². The molecule has 1 N–H and O–H groups in total. The molecule has 156 valence electrons. The molecule has 0 bridgehead atoms. The standard InChI is InChI=1S/C22H23N3O4S/c26-22(21-20-8-4-3-5-17(20)9-10-23-21)24-15-18-6-1-2-7-19(18)16-30(27,28)25-11-13-29-14-12-25/h1-10H,11-16H2,(H,24,26). The molecule has 4 rings (SSSR count). The van der Waals surface area contributed by atoms with Gasteiger partial charge in [0.2, 0.25) is 10.0 Å². The summed E-state index contributed by atoms with van der Waals surface area (Å²) in [7, 11) is -3.45. The molecule has 0 unspecified atom stereocenters. The molecule has 7 nitrogen and oxygen atoms in total. The van der Waals surface area contributed by atoms with Crippen molar-refractivity contribution in [2.24, 2.45) is 0 Å². The van der Waals surface area contributed by atoms with E-state index < -0.39 is 10.0 Å². The number of carbonyl (C=O) groups is 1. The molecule has 30 heavy (non-hydrogen) atoms. The zero-order valence-corrected chi connectivity index (χ0v) is 17.3. The third kappa shape index (κ3) is 4.51. The molecule has 2 heterocycles. The first-order chi connectivity index (χ1) is 14.5. The molecular weight excluding hydrogens is 402 g/mol. The molecule has 1 aliphatic rings. The van der Waals surface area contributed by atoms with Crippen LogP contribution >= 0.6 is 0 Å². The first-order valence-corrected chi connectivity index (χ1v) is 11.4. The Hall–Kier alpha value is -2.81. The minimum absolute atomic E-state index is 0.106. The Balaban J connectivity index is 1.50. The second-order valence-electron chi connectivity index (χ2n) is 7.10. The topological polar surface area (TPSA) is 88.6 Å². The Bertz CT molecular complexity index is 1150. The fourth-order valence-corrected chi connectivity index (χ4v) is 5.11. The van der Waals surface area contributed by atoms with Gasteiger partial charge >= 0.3 is 0 Å². The van der Waals surface area contributed by atoms with Gasteiger partial charge in [-0.25, -0.2) is 8.42 Å². The number of ether oxygens (including phenoxy) is 1. The van der Waals surface area contributed by atoms with Crippen LogP contribution < -0.4 is 5.32 Å². The first kappa shape index (κ1) is 20.5. The number of nitrogens with zero attached hydrogens (tertiary/aromatic N) is 2. The monoisotopic (exact) mass is 425 g/mol. The average Bonchev–Trinajstić information content (AvgIpc) is 2.78. The summed E-state index contributed by atoms with van der Waals surface area (Å²) in [5.41, 5.74) is 1.80. The molecule has 0 aliphatic carbocycles. The lowest BCUT2D eigenvalue weighted by molar-refractivity contribution is 0.0729. The number of aromatic nitrogens is 1. The van der Waals surface area contributed by atoms with Crippen molar-refractivity contribution in [1.82, 2.24) is 14.6 Å². The second-order valence-corrected chi connectivity index (χ2v) is 9.07. The molecule has 1 saturated heterocycles. The van der Waals surface area contributed by atoms with Crippen LogP contribution in [0.2, 0.25) is 0 Å². The summed E-state index contributed by atoms with van der Waals surface area (Å²) in [5.74, 6) is -0.399. The Morgan fingerprint density at radius 2 is 1.70 bits per heavy atom. The van der Waals surface area contributed by atoms with E-state index in [0.717, 1.165) is 16.3 Å². The molecule has 1 fully saturated rings. The number of amides is 1. The van der Waals surface area contributed by atoms with Crippen molar-refractivity contribution in [2.45, 2.75) is 12.3 Å². The molecule has 1 aromatic heterocycles. The molecule has 0 spiro atoms. The minimum atomic E-state index is -3.45. The largest absolute Gasteiger partial charge is 0.379 e. The van der Waals surface area contributed by atoms with E-state index in [1.54, 1.807) is 12.3 Å². The number of morpholine rings is 1. The average molecular weight is 426 g/mol. The van der Waals surface area contributed by atoms with Gasteiger partial charge in [0.25, 0.3) is 5.91 Å². The van der Waals surface area contributed by atoms with Crippen molar-refractivity contribution >= 4 is 26.7 Å². The van der Waals surface area contributed by atoms with Crippen LogP contribution in [0, 0.1) is 0 Å². The van der Waals surface area contributed by atoms with E-state index in [1.165, 1.54) is 4.31 Å². The number of hydrogen-bond acceptors (Lipinski definition) is 5. The maximum Gasteiger partial charge on any atom is 0.270 e. The predicted molar refractivity (Wildman–Crippen MR) is 114 cm³/mol. The molecule has 2 aromatic carbocycles. The Morgan fingerprint density at radius 1 is 1.00 bits per heavy atom. The van der Waals surface area contributed by atoms with Crippen LogP contribution in [0.5, 0.6) is 0 Å². The highest BCUT2D eigenvalue weighted by molar-refractivity contribution is 7.88. The third-order valence-corrected chi connectivity index (χ3v) is 6.98. The molecule has 3 aromatic rings. The zero-order valence-electron chi connectivity index (χ0n) is 16.5. The van der Waals surface area contributed by atoms with Crippen LogP contribution in [0.1, 0.15) is 21.6 Å². The summed E-state index contributed by atoms with van der Waals surface area (Å²) in [6.45, 7) is 1.78. The SMILES string of the molecule is O=C(NCc1ccccc1CS(=O)(=O)N1CCOCC1)c1nccc2ccccc12. The van der Waals surface area contributed by atoms with Crippen molar-refractivity contribution in [1.29, 1.82) is 0 Å². The van der Waals surface area contributed by atoms with E-state index in [2.05, 4.69) is 10.3 Å². The Kier molecular flexibility index (Phi) is 6.08. The summed E-state index contributed by atoms with van der Waals surface area (Å²) < 4.78 is 32.3. The van der Waals surface area contributed by atoms with Crippen LogP contribution in [0.3, 0.4) is 0 Å². The van der Waals surface area contributed by atoms with Crippen molar-refractivity contribution in [3.63, 3.8) is 0 Å². The number of carbonyl (C=O) groups excluding carboxylic acids is 1. The van der Waals surface area contributed by atoms with E-state index in [0.29, 0.717) is 37.6 Å². The van der Waals surface area contributed by atoms with E-state index in [1.807, 2.05) is 48.5 Å². The predicted octanol–water partition coefficient (Wildman–Crippen LogP) is 2.33. The van der Waals surface area contributed by atoms with Gasteiger partial charge in [-0.2, -0.15) is 4.31 Å². The molecule has 8 heteroatoms. The van der Waals surface area contributed by atoms with E-state index in [9.17, 15) is 13.2 Å². The Morgan fingerprint density at radius 3 is 2.50 bits per heavy atom. The van der Waals surface area contributed by atoms with E-state index >= 15 is 0 Å². The van der Waals surface area contributed by atoms with Crippen molar-refractivity contribution in [3.05, 3.63) is 77.6 Å². The number of rotatable bonds is 6. The summed E-state index contributed by atoms with van der Waals surface area (Å²) >= 11 is 0. The number of nitrogens with one attached hydrogen (secondary N) is 1. The molecule has 1 aliphatic heterocycles. The van der Waals surface area contributed by atoms with Gasteiger partial charge in [-0.3, -0.25) is 9.78 Å². The normalized spacial score (nSPS) is 15.2. The summed E-state index contributed by atoms with van der Waals surface area (Å²) in [6, 6.07) is 16.7. The van der Waals surface area contributed by atoms with Crippen LogP contribution in [-0.2, 0) is 27.1 Å². The lowest BCUT2D eigenvalue weighted by atomic mass is 10.1. The van der Waals surface area contributed by atoms with Crippen LogP contribution in [0.4, 0.5) is 0 Å².